The molecule has 1 saturated heterocycles. The van der Waals surface area contributed by atoms with E-state index in [1.165, 1.54) is 0 Å². The van der Waals surface area contributed by atoms with Crippen LogP contribution in [0.1, 0.15) is 45.1 Å². The van der Waals surface area contributed by atoms with Gasteiger partial charge >= 0.3 is 5.97 Å². The van der Waals surface area contributed by atoms with E-state index >= 15 is 0 Å². The van der Waals surface area contributed by atoms with Crippen LogP contribution in [-0.2, 0) is 14.9 Å². The number of allylic oxidation sites excluding steroid dienone is 3. The second kappa shape index (κ2) is 11.1. The van der Waals surface area contributed by atoms with Gasteiger partial charge in [-0.15, -0.1) is 0 Å². The highest BCUT2D eigenvalue weighted by Crippen LogP contribution is 2.30. The quantitative estimate of drug-likeness (QED) is 0.336. The number of ether oxygens (including phenoxy) is 1. The summed E-state index contributed by atoms with van der Waals surface area (Å²) in [7, 11) is 0. The molecule has 5 rings (SSSR count). The third-order valence-electron chi connectivity index (χ3n) is 7.19. The molecule has 9 heteroatoms. The van der Waals surface area contributed by atoms with Crippen LogP contribution in [0.15, 0.2) is 78.7 Å². The van der Waals surface area contributed by atoms with Gasteiger partial charge in [-0.1, -0.05) is 30.3 Å². The lowest BCUT2D eigenvalue weighted by atomic mass is 9.83. The van der Waals surface area contributed by atoms with Crippen molar-refractivity contribution in [2.75, 3.05) is 23.3 Å². The normalized spacial score (nSPS) is 17.7. The number of hydrogen-bond acceptors (Lipinski definition) is 8. The molecule has 3 heterocycles. The fraction of sp³-hybridized carbons (Fsp3) is 0.333. The number of carboxylic acid groups (broad SMARTS) is 1. The predicted octanol–water partition coefficient (Wildman–Crippen LogP) is 5.75. The summed E-state index contributed by atoms with van der Waals surface area (Å²) in [6, 6.07) is 11.4. The first-order chi connectivity index (χ1) is 18.8. The highest BCUT2D eigenvalue weighted by molar-refractivity contribution is 5.81. The van der Waals surface area contributed by atoms with Crippen molar-refractivity contribution in [1.82, 2.24) is 15.0 Å². The number of nitrogens with zero attached hydrogens (tertiary/aromatic N) is 4. The van der Waals surface area contributed by atoms with Crippen molar-refractivity contribution in [2.24, 2.45) is 0 Å². The maximum Gasteiger partial charge on any atom is 0.313 e. The first-order valence-corrected chi connectivity index (χ1v) is 13.2. The predicted molar refractivity (Wildman–Crippen MR) is 150 cm³/mol. The Morgan fingerprint density at radius 1 is 1.15 bits per heavy atom. The van der Waals surface area contributed by atoms with Crippen LogP contribution in [-0.4, -0.2) is 50.3 Å². The van der Waals surface area contributed by atoms with Crippen molar-refractivity contribution in [3.05, 3.63) is 84.2 Å². The molecule has 0 amide bonds. The monoisotopic (exact) mass is 527 g/mol. The van der Waals surface area contributed by atoms with E-state index in [0.29, 0.717) is 36.1 Å². The van der Waals surface area contributed by atoms with Gasteiger partial charge in [-0.3, -0.25) is 9.78 Å². The molecule has 1 unspecified atom stereocenters. The topological polar surface area (TPSA) is 121 Å². The number of pyridine rings is 1. The van der Waals surface area contributed by atoms with Crippen molar-refractivity contribution >= 4 is 23.4 Å². The minimum atomic E-state index is -0.997. The van der Waals surface area contributed by atoms with E-state index < -0.39 is 11.4 Å². The van der Waals surface area contributed by atoms with E-state index in [9.17, 15) is 15.0 Å². The van der Waals surface area contributed by atoms with E-state index in [2.05, 4.69) is 20.2 Å². The molecular formula is C30H33N5O4. The Labute approximate surface area is 227 Å². The Hall–Kier alpha value is -4.40. The zero-order valence-corrected chi connectivity index (χ0v) is 22.2. The number of anilines is 3. The van der Waals surface area contributed by atoms with Gasteiger partial charge in [-0.25, -0.2) is 9.97 Å². The highest BCUT2D eigenvalue weighted by Gasteiger charge is 2.29. The van der Waals surface area contributed by atoms with Crippen LogP contribution >= 0.6 is 0 Å². The van der Waals surface area contributed by atoms with E-state index in [1.54, 1.807) is 32.4 Å². The number of aliphatic hydroxyl groups is 1. The summed E-state index contributed by atoms with van der Waals surface area (Å²) in [6.45, 7) is 4.89. The maximum atomic E-state index is 11.7. The zero-order valence-electron chi connectivity index (χ0n) is 22.2. The molecule has 2 aliphatic rings. The Balaban J connectivity index is 1.30. The molecule has 1 aromatic carbocycles. The number of hydrogen-bond donors (Lipinski definition) is 3. The lowest BCUT2D eigenvalue weighted by Crippen LogP contribution is -2.40. The van der Waals surface area contributed by atoms with Gasteiger partial charge in [0.05, 0.1) is 24.4 Å². The third-order valence-corrected chi connectivity index (χ3v) is 7.19. The lowest BCUT2D eigenvalue weighted by molar-refractivity contribution is -0.142. The molecule has 202 valence electrons. The van der Waals surface area contributed by atoms with Gasteiger partial charge in [0.1, 0.15) is 23.5 Å². The summed E-state index contributed by atoms with van der Waals surface area (Å²) < 4.78 is 6.11. The van der Waals surface area contributed by atoms with Crippen LogP contribution in [0, 0.1) is 0 Å². The summed E-state index contributed by atoms with van der Waals surface area (Å²) in [5.74, 6) is 1.92. The molecule has 39 heavy (non-hydrogen) atoms. The molecule has 1 atom stereocenters. The summed E-state index contributed by atoms with van der Waals surface area (Å²) >= 11 is 0. The zero-order chi connectivity index (χ0) is 27.4. The van der Waals surface area contributed by atoms with Gasteiger partial charge in [0.15, 0.2) is 11.6 Å². The lowest BCUT2D eigenvalue weighted by Gasteiger charge is -2.34. The molecule has 0 bridgehead atoms. The number of carbonyl (C=O) groups is 1. The van der Waals surface area contributed by atoms with Crippen molar-refractivity contribution < 1.29 is 19.7 Å². The number of nitrogens with one attached hydrogen (secondary N) is 1. The first kappa shape index (κ1) is 26.2. The van der Waals surface area contributed by atoms with Gasteiger partial charge in [-0.05, 0) is 68.0 Å². The summed E-state index contributed by atoms with van der Waals surface area (Å²) in [5, 5.41) is 23.0. The second-order valence-electron chi connectivity index (χ2n) is 10.4. The van der Waals surface area contributed by atoms with Crippen LogP contribution in [0.3, 0.4) is 0 Å². The molecule has 1 fully saturated rings. The van der Waals surface area contributed by atoms with E-state index in [1.807, 2.05) is 48.6 Å². The van der Waals surface area contributed by atoms with Crippen LogP contribution < -0.4 is 10.2 Å². The van der Waals surface area contributed by atoms with Crippen LogP contribution in [0.25, 0.3) is 11.1 Å². The number of aliphatic carboxylic acids is 1. The van der Waals surface area contributed by atoms with Crippen LogP contribution in [0.2, 0.25) is 0 Å². The number of rotatable bonds is 8. The van der Waals surface area contributed by atoms with Gasteiger partial charge in [0, 0.05) is 19.2 Å². The van der Waals surface area contributed by atoms with Gasteiger partial charge in [0.2, 0.25) is 0 Å². The molecule has 3 N–H and O–H groups in total. The summed E-state index contributed by atoms with van der Waals surface area (Å²) in [4.78, 5) is 27.5. The minimum Gasteiger partial charge on any atom is -0.508 e. The van der Waals surface area contributed by atoms with E-state index in [-0.39, 0.29) is 6.10 Å². The van der Waals surface area contributed by atoms with E-state index in [4.69, 9.17) is 9.72 Å². The van der Waals surface area contributed by atoms with Crippen molar-refractivity contribution in [1.29, 1.82) is 0 Å². The number of piperidine rings is 1. The van der Waals surface area contributed by atoms with Gasteiger partial charge in [0.25, 0.3) is 0 Å². The minimum absolute atomic E-state index is 0.0442. The van der Waals surface area contributed by atoms with Gasteiger partial charge < -0.3 is 25.2 Å². The molecule has 1 aliphatic heterocycles. The number of aliphatic hydroxyl groups excluding tert-OH is 1. The molecule has 0 saturated carbocycles. The average Bonchev–Trinajstić information content (AvgIpc) is 2.95. The summed E-state index contributed by atoms with van der Waals surface area (Å²) in [5.41, 5.74) is 1.54. The largest absolute Gasteiger partial charge is 0.508 e. The molecule has 2 aromatic heterocycles. The second-order valence-corrected chi connectivity index (χ2v) is 10.4. The van der Waals surface area contributed by atoms with Crippen LogP contribution in [0.5, 0.6) is 0 Å². The Bertz CT molecular complexity index is 1420. The Kier molecular flexibility index (Phi) is 7.49. The van der Waals surface area contributed by atoms with Crippen molar-refractivity contribution in [3.63, 3.8) is 0 Å². The average molecular weight is 528 g/mol. The number of aromatic nitrogens is 3. The molecule has 9 nitrogen and oxygen atoms in total. The fourth-order valence-electron chi connectivity index (χ4n) is 4.75. The third kappa shape index (κ3) is 6.03. The van der Waals surface area contributed by atoms with Crippen LogP contribution in [0.4, 0.5) is 17.5 Å². The smallest absolute Gasteiger partial charge is 0.313 e. The van der Waals surface area contributed by atoms with E-state index in [0.717, 1.165) is 48.3 Å². The van der Waals surface area contributed by atoms with Gasteiger partial charge in [-0.2, -0.15) is 0 Å². The molecule has 1 aliphatic carbocycles. The van der Waals surface area contributed by atoms with Crippen molar-refractivity contribution in [2.45, 2.75) is 51.0 Å². The molecule has 0 spiro atoms. The fourth-order valence-corrected chi connectivity index (χ4v) is 4.75. The highest BCUT2D eigenvalue weighted by atomic mass is 16.5. The summed E-state index contributed by atoms with van der Waals surface area (Å²) in [6.07, 6.45) is 12.2. The Morgan fingerprint density at radius 3 is 2.82 bits per heavy atom. The standard InChI is InChI=1S/C30H33N5O4/c1-30(2,29(37)38)22-8-5-7-20(15-22)21-12-13-32-26(16-21)33-27-17-31-18-28(34-27)35-14-6-9-23(19-35)39-25-11-4-3-10-24(25)36/h4-5,7-8,11-13,15-18,23,36H,3,6,9-10,14,19H2,1-2H3,(H,37,38)(H,32,33,34). The SMILES string of the molecule is CC(C)(C(=O)O)c1cccc(-c2ccnc(Nc3cncc(N4CCCC(OC5=C(O)CCC=C5)C4)n3)c2)c1. The molecule has 3 aromatic rings. The first-order valence-electron chi connectivity index (χ1n) is 13.2. The number of carboxylic acids is 1. The maximum absolute atomic E-state index is 11.7. The molecular weight excluding hydrogens is 494 g/mol. The Morgan fingerprint density at radius 2 is 2.00 bits per heavy atom. The van der Waals surface area contributed by atoms with Crippen molar-refractivity contribution in [3.8, 4) is 11.1 Å². The molecule has 0 radical (unpaired) electrons. The number of benzene rings is 1.